The lowest BCUT2D eigenvalue weighted by atomic mass is 10.2. The number of carboxylic acid groups (broad SMARTS) is 1. The summed E-state index contributed by atoms with van der Waals surface area (Å²) in [4.78, 5) is 15.3. The molecule has 1 N–H and O–H groups in total. The number of carbonyl (C=O) groups is 1. The van der Waals surface area contributed by atoms with Crippen LogP contribution in [0.3, 0.4) is 0 Å². The van der Waals surface area contributed by atoms with Gasteiger partial charge in [-0.3, -0.25) is 0 Å². The summed E-state index contributed by atoms with van der Waals surface area (Å²) < 4.78 is 6.46. The Morgan fingerprint density at radius 1 is 1.33 bits per heavy atom. The fourth-order valence-electron chi connectivity index (χ4n) is 1.72. The van der Waals surface area contributed by atoms with Gasteiger partial charge in [-0.25, -0.2) is 9.78 Å². The highest BCUT2D eigenvalue weighted by molar-refractivity contribution is 7.21. The van der Waals surface area contributed by atoms with Crippen LogP contribution in [0, 0.1) is 6.92 Å². The molecule has 1 aromatic carbocycles. The van der Waals surface area contributed by atoms with Gasteiger partial charge in [-0.2, -0.15) is 0 Å². The summed E-state index contributed by atoms with van der Waals surface area (Å²) in [5, 5.41) is 9.69. The average Bonchev–Trinajstić information content (AvgIpc) is 2.93. The molecule has 0 aliphatic rings. The van der Waals surface area contributed by atoms with Crippen LogP contribution in [0.15, 0.2) is 34.7 Å². The number of benzene rings is 1. The molecule has 0 saturated heterocycles. The number of rotatable bonds is 2. The van der Waals surface area contributed by atoms with Gasteiger partial charge >= 0.3 is 5.97 Å². The molecule has 0 atom stereocenters. The van der Waals surface area contributed by atoms with Crippen LogP contribution in [-0.4, -0.2) is 16.1 Å². The minimum Gasteiger partial charge on any atom is -0.478 e. The molecule has 2 aromatic heterocycles. The number of aryl methyl sites for hydroxylation is 1. The molecule has 0 fully saturated rings. The van der Waals surface area contributed by atoms with Gasteiger partial charge in [0.1, 0.15) is 5.76 Å². The normalized spacial score (nSPS) is 10.9. The lowest BCUT2D eigenvalue weighted by Gasteiger charge is -1.91. The lowest BCUT2D eigenvalue weighted by molar-refractivity contribution is 0.0697. The molecule has 3 aromatic rings. The lowest BCUT2D eigenvalue weighted by Crippen LogP contribution is -1.94. The molecule has 0 bridgehead atoms. The van der Waals surface area contributed by atoms with Crippen LogP contribution in [0.5, 0.6) is 0 Å². The molecule has 0 unspecified atom stereocenters. The Balaban J connectivity index is 2.13. The number of carboxylic acids is 1. The minimum atomic E-state index is -0.944. The Morgan fingerprint density at radius 3 is 2.83 bits per heavy atom. The Bertz CT molecular complexity index is 742. The molecule has 0 amide bonds. The van der Waals surface area contributed by atoms with Crippen molar-refractivity contribution in [3.8, 4) is 10.8 Å². The van der Waals surface area contributed by atoms with Crippen molar-refractivity contribution in [2.24, 2.45) is 0 Å². The van der Waals surface area contributed by atoms with Crippen molar-refractivity contribution in [2.75, 3.05) is 0 Å². The van der Waals surface area contributed by atoms with Gasteiger partial charge in [0.05, 0.1) is 15.8 Å². The van der Waals surface area contributed by atoms with E-state index in [0.29, 0.717) is 11.3 Å². The molecule has 90 valence electrons. The van der Waals surface area contributed by atoms with Crippen molar-refractivity contribution in [1.82, 2.24) is 4.98 Å². The van der Waals surface area contributed by atoms with Gasteiger partial charge in [0, 0.05) is 0 Å². The molecule has 0 spiro atoms. The summed E-state index contributed by atoms with van der Waals surface area (Å²) in [6.45, 7) is 1.87. The molecular formula is C13H9NO3S. The molecule has 0 aliphatic carbocycles. The van der Waals surface area contributed by atoms with E-state index in [1.165, 1.54) is 11.3 Å². The largest absolute Gasteiger partial charge is 0.478 e. The van der Waals surface area contributed by atoms with E-state index in [4.69, 9.17) is 9.52 Å². The summed E-state index contributed by atoms with van der Waals surface area (Å²) in [6.07, 6.45) is 0. The summed E-state index contributed by atoms with van der Waals surface area (Å²) in [5.41, 5.74) is 0.930. The Labute approximate surface area is 107 Å². The third-order valence-corrected chi connectivity index (χ3v) is 3.64. The van der Waals surface area contributed by atoms with E-state index in [1.54, 1.807) is 18.2 Å². The first kappa shape index (κ1) is 11.0. The van der Waals surface area contributed by atoms with E-state index in [2.05, 4.69) is 4.98 Å². The first-order valence-electron chi connectivity index (χ1n) is 5.34. The highest BCUT2D eigenvalue weighted by Crippen LogP contribution is 2.31. The summed E-state index contributed by atoms with van der Waals surface area (Å²) in [5.74, 6) is 0.598. The van der Waals surface area contributed by atoms with Crippen LogP contribution in [0.1, 0.15) is 16.1 Å². The smallest absolute Gasteiger partial charge is 0.335 e. The Kier molecular flexibility index (Phi) is 2.41. The van der Waals surface area contributed by atoms with Crippen LogP contribution in [-0.2, 0) is 0 Å². The standard InChI is InChI=1S/C13H9NO3S/c1-7-2-4-10(17-7)12-14-9-6-8(13(15)16)3-5-11(9)18-12/h2-6H,1H3,(H,15,16). The monoisotopic (exact) mass is 259 g/mol. The van der Waals surface area contributed by atoms with Gasteiger partial charge < -0.3 is 9.52 Å². The van der Waals surface area contributed by atoms with Gasteiger partial charge in [-0.1, -0.05) is 0 Å². The first-order valence-corrected chi connectivity index (χ1v) is 6.16. The minimum absolute atomic E-state index is 0.245. The maximum absolute atomic E-state index is 10.9. The quantitative estimate of drug-likeness (QED) is 0.764. The van der Waals surface area contributed by atoms with Crippen LogP contribution in [0.2, 0.25) is 0 Å². The van der Waals surface area contributed by atoms with E-state index >= 15 is 0 Å². The summed E-state index contributed by atoms with van der Waals surface area (Å²) in [7, 11) is 0. The zero-order valence-electron chi connectivity index (χ0n) is 9.51. The topological polar surface area (TPSA) is 63.3 Å². The first-order chi connectivity index (χ1) is 8.63. The Morgan fingerprint density at radius 2 is 2.17 bits per heavy atom. The maximum Gasteiger partial charge on any atom is 0.335 e. The number of hydrogen-bond acceptors (Lipinski definition) is 4. The molecule has 2 heterocycles. The van der Waals surface area contributed by atoms with Crippen molar-refractivity contribution in [2.45, 2.75) is 6.92 Å². The third-order valence-electron chi connectivity index (χ3n) is 2.59. The zero-order valence-corrected chi connectivity index (χ0v) is 10.3. The maximum atomic E-state index is 10.9. The molecule has 0 aliphatic heterocycles. The predicted octanol–water partition coefficient (Wildman–Crippen LogP) is 3.56. The summed E-state index contributed by atoms with van der Waals surface area (Å²) >= 11 is 1.49. The molecule has 18 heavy (non-hydrogen) atoms. The Hall–Kier alpha value is -2.14. The van der Waals surface area contributed by atoms with Gasteiger partial charge in [0.15, 0.2) is 10.8 Å². The van der Waals surface area contributed by atoms with E-state index in [1.807, 2.05) is 19.1 Å². The fourth-order valence-corrected chi connectivity index (χ4v) is 2.62. The molecule has 5 heteroatoms. The summed E-state index contributed by atoms with van der Waals surface area (Å²) in [6, 6.07) is 8.68. The van der Waals surface area contributed by atoms with Gasteiger partial charge in [0.25, 0.3) is 0 Å². The molecular weight excluding hydrogens is 250 g/mol. The van der Waals surface area contributed by atoms with E-state index < -0.39 is 5.97 Å². The van der Waals surface area contributed by atoms with Crippen molar-refractivity contribution in [1.29, 1.82) is 0 Å². The number of fused-ring (bicyclic) bond motifs is 1. The average molecular weight is 259 g/mol. The third kappa shape index (κ3) is 1.78. The van der Waals surface area contributed by atoms with E-state index in [9.17, 15) is 4.79 Å². The van der Waals surface area contributed by atoms with E-state index in [0.717, 1.165) is 15.5 Å². The van der Waals surface area contributed by atoms with Crippen LogP contribution < -0.4 is 0 Å². The number of aromatic carboxylic acids is 1. The van der Waals surface area contributed by atoms with Gasteiger partial charge in [-0.15, -0.1) is 11.3 Å². The van der Waals surface area contributed by atoms with E-state index in [-0.39, 0.29) is 5.56 Å². The van der Waals surface area contributed by atoms with Gasteiger partial charge in [-0.05, 0) is 37.3 Å². The second-order valence-corrected chi connectivity index (χ2v) is 4.95. The van der Waals surface area contributed by atoms with Crippen molar-refractivity contribution in [3.05, 3.63) is 41.7 Å². The number of nitrogens with zero attached hydrogens (tertiary/aromatic N) is 1. The highest BCUT2D eigenvalue weighted by Gasteiger charge is 2.11. The van der Waals surface area contributed by atoms with Crippen LogP contribution in [0.4, 0.5) is 0 Å². The zero-order chi connectivity index (χ0) is 12.7. The molecule has 3 rings (SSSR count). The number of thiazole rings is 1. The van der Waals surface area contributed by atoms with Crippen molar-refractivity contribution < 1.29 is 14.3 Å². The molecule has 4 nitrogen and oxygen atoms in total. The second-order valence-electron chi connectivity index (χ2n) is 3.92. The molecule has 0 radical (unpaired) electrons. The molecule has 0 saturated carbocycles. The SMILES string of the molecule is Cc1ccc(-c2nc3cc(C(=O)O)ccc3s2)o1. The van der Waals surface area contributed by atoms with Crippen LogP contribution in [0.25, 0.3) is 21.0 Å². The number of furan rings is 1. The number of hydrogen-bond donors (Lipinski definition) is 1. The van der Waals surface area contributed by atoms with Crippen molar-refractivity contribution >= 4 is 27.5 Å². The highest BCUT2D eigenvalue weighted by atomic mass is 32.1. The number of aromatic nitrogens is 1. The van der Waals surface area contributed by atoms with Gasteiger partial charge in [0.2, 0.25) is 0 Å². The fraction of sp³-hybridized carbons (Fsp3) is 0.0769. The van der Waals surface area contributed by atoms with Crippen LogP contribution >= 0.6 is 11.3 Å². The van der Waals surface area contributed by atoms with Crippen molar-refractivity contribution in [3.63, 3.8) is 0 Å². The second kappa shape index (κ2) is 3.96. The predicted molar refractivity (Wildman–Crippen MR) is 69.0 cm³/mol.